The molecule has 16 heavy (non-hydrogen) atoms. The number of hydrogen-bond donors (Lipinski definition) is 0. The molecule has 0 unspecified atom stereocenters. The van der Waals surface area contributed by atoms with Crippen LogP contribution in [0.1, 0.15) is 0 Å². The minimum Gasteiger partial charge on any atom is -0.211 e. The summed E-state index contributed by atoms with van der Waals surface area (Å²) in [5.41, 5.74) is -6.44. The van der Waals surface area contributed by atoms with Gasteiger partial charge in [-0.1, -0.05) is 0 Å². The van der Waals surface area contributed by atoms with Gasteiger partial charge in [-0.15, -0.1) is 0 Å². The summed E-state index contributed by atoms with van der Waals surface area (Å²) in [7, 11) is 0. The van der Waals surface area contributed by atoms with Crippen molar-refractivity contribution in [3.8, 4) is 0 Å². The molecule has 0 fully saturated rings. The lowest BCUT2D eigenvalue weighted by molar-refractivity contribution is -0.377. The predicted octanol–water partition coefficient (Wildman–Crippen LogP) is 2.75. The van der Waals surface area contributed by atoms with Gasteiger partial charge in [0.2, 0.25) is 6.08 Å². The maximum absolute atomic E-state index is 11.8. The van der Waals surface area contributed by atoms with Crippen molar-refractivity contribution < 1.29 is 44.3 Å². The monoisotopic (exact) mass is 261 g/mol. The Morgan fingerprint density at radius 1 is 0.688 bits per heavy atom. The highest BCUT2D eigenvalue weighted by atomic mass is 19.4. The second kappa shape index (κ2) is 3.65. The number of rotatable bonds is 1. The fourth-order valence-electron chi connectivity index (χ4n) is 0.741. The molecule has 0 aromatic heterocycles. The van der Waals surface area contributed by atoms with Crippen LogP contribution in [0, 0.1) is 0 Å². The van der Waals surface area contributed by atoms with E-state index in [-0.39, 0.29) is 6.08 Å². The molecule has 11 heteroatoms. The Hall–Kier alpha value is -1.25. The highest BCUT2D eigenvalue weighted by Crippen LogP contribution is 2.54. The maximum atomic E-state index is 11.8. The van der Waals surface area contributed by atoms with Gasteiger partial charge in [-0.05, 0) is 0 Å². The van der Waals surface area contributed by atoms with Crippen molar-refractivity contribution in [3.63, 3.8) is 0 Å². The Kier molecular flexibility index (Phi) is 3.36. The molecule has 0 bridgehead atoms. The van der Waals surface area contributed by atoms with Crippen molar-refractivity contribution in [1.29, 1.82) is 0 Å². The number of hydrogen-bond acceptors (Lipinski definition) is 2. The largest absolute Gasteiger partial charge is 0.432 e. The first-order valence-electron chi connectivity index (χ1n) is 3.10. The van der Waals surface area contributed by atoms with Crippen molar-refractivity contribution in [1.82, 2.24) is 0 Å². The van der Waals surface area contributed by atoms with Gasteiger partial charge in [0.05, 0.1) is 0 Å². The fourth-order valence-corrected chi connectivity index (χ4v) is 0.741. The van der Waals surface area contributed by atoms with Crippen LogP contribution in [0.25, 0.3) is 0 Å². The van der Waals surface area contributed by atoms with E-state index in [2.05, 4.69) is 0 Å². The summed E-state index contributed by atoms with van der Waals surface area (Å²) in [6.07, 6.45) is -20.9. The van der Waals surface area contributed by atoms with Gasteiger partial charge in [-0.3, -0.25) is 0 Å². The average molecular weight is 261 g/mol. The lowest BCUT2D eigenvalue weighted by Crippen LogP contribution is -2.64. The van der Waals surface area contributed by atoms with E-state index < -0.39 is 24.1 Å². The van der Waals surface area contributed by atoms with Gasteiger partial charge in [0.1, 0.15) is 0 Å². The molecular formula is C5F9NO. The lowest BCUT2D eigenvalue weighted by Gasteiger charge is -2.33. The number of alkyl halides is 9. The first-order valence-corrected chi connectivity index (χ1v) is 3.10. The Morgan fingerprint density at radius 2 is 0.938 bits per heavy atom. The standard InChI is InChI=1S/C5F9NO/c6-3(7,8)2(15-1-16,4(9,10)11)5(12,13)14. The molecular weight excluding hydrogens is 261 g/mol. The molecule has 0 atom stereocenters. The van der Waals surface area contributed by atoms with Gasteiger partial charge in [0.15, 0.2) is 0 Å². The minimum atomic E-state index is -6.85. The zero-order valence-electron chi connectivity index (χ0n) is 6.76. The van der Waals surface area contributed by atoms with E-state index in [9.17, 15) is 44.3 Å². The zero-order valence-corrected chi connectivity index (χ0v) is 6.76. The van der Waals surface area contributed by atoms with Crippen molar-refractivity contribution in [2.45, 2.75) is 24.1 Å². The molecule has 94 valence electrons. The van der Waals surface area contributed by atoms with Crippen LogP contribution in [0.3, 0.4) is 0 Å². The first kappa shape index (κ1) is 14.8. The number of isocyanates is 1. The van der Waals surface area contributed by atoms with Crippen LogP contribution in [0.4, 0.5) is 39.5 Å². The molecule has 0 N–H and O–H groups in total. The number of halogens is 9. The topological polar surface area (TPSA) is 29.4 Å². The maximum Gasteiger partial charge on any atom is 0.432 e. The van der Waals surface area contributed by atoms with E-state index >= 15 is 0 Å². The molecule has 0 heterocycles. The van der Waals surface area contributed by atoms with E-state index in [0.717, 1.165) is 4.99 Å². The highest BCUT2D eigenvalue weighted by molar-refractivity contribution is 5.37. The van der Waals surface area contributed by atoms with Crippen LogP contribution in [0.15, 0.2) is 4.99 Å². The Labute approximate surface area is 80.7 Å². The van der Waals surface area contributed by atoms with Crippen LogP contribution in [-0.2, 0) is 4.79 Å². The molecule has 2 nitrogen and oxygen atoms in total. The third-order valence-corrected chi connectivity index (χ3v) is 1.44. The summed E-state index contributed by atoms with van der Waals surface area (Å²) in [4.78, 5) is 10.3. The molecule has 0 aromatic carbocycles. The molecule has 0 saturated carbocycles. The first-order chi connectivity index (χ1) is 6.81. The number of nitrogens with zero attached hydrogens (tertiary/aromatic N) is 1. The molecule has 0 radical (unpaired) electrons. The van der Waals surface area contributed by atoms with Gasteiger partial charge in [0, 0.05) is 0 Å². The summed E-state index contributed by atoms with van der Waals surface area (Å²) in [6, 6.07) is 0. The zero-order chi connectivity index (χ0) is 13.4. The third-order valence-electron chi connectivity index (χ3n) is 1.44. The smallest absolute Gasteiger partial charge is 0.211 e. The molecule has 0 saturated heterocycles. The van der Waals surface area contributed by atoms with Crippen LogP contribution >= 0.6 is 0 Å². The van der Waals surface area contributed by atoms with Crippen molar-refractivity contribution in [2.75, 3.05) is 0 Å². The van der Waals surface area contributed by atoms with Crippen LogP contribution in [-0.4, -0.2) is 30.1 Å². The fraction of sp³-hybridized carbons (Fsp3) is 0.800. The summed E-state index contributed by atoms with van der Waals surface area (Å²) < 4.78 is 107. The van der Waals surface area contributed by atoms with E-state index in [0.29, 0.717) is 0 Å². The Balaban J connectivity index is 6.15. The predicted molar refractivity (Wildman–Crippen MR) is 29.0 cm³/mol. The SMILES string of the molecule is O=C=NC(C(F)(F)F)(C(F)(F)F)C(F)(F)F. The molecule has 0 aliphatic heterocycles. The average Bonchev–Trinajstić information content (AvgIpc) is 1.91. The van der Waals surface area contributed by atoms with Crippen LogP contribution in [0.5, 0.6) is 0 Å². The van der Waals surface area contributed by atoms with Gasteiger partial charge >= 0.3 is 24.1 Å². The molecule has 0 spiro atoms. The summed E-state index contributed by atoms with van der Waals surface area (Å²) in [5.74, 6) is 0. The van der Waals surface area contributed by atoms with E-state index in [1.54, 1.807) is 0 Å². The summed E-state index contributed by atoms with van der Waals surface area (Å²) >= 11 is 0. The molecule has 0 rings (SSSR count). The summed E-state index contributed by atoms with van der Waals surface area (Å²) in [5, 5.41) is 0. The van der Waals surface area contributed by atoms with E-state index in [4.69, 9.17) is 0 Å². The van der Waals surface area contributed by atoms with Crippen molar-refractivity contribution in [3.05, 3.63) is 0 Å². The second-order valence-corrected chi connectivity index (χ2v) is 2.41. The summed E-state index contributed by atoms with van der Waals surface area (Å²) in [6.45, 7) is 0. The highest BCUT2D eigenvalue weighted by Gasteiger charge is 2.85. The molecule has 0 aliphatic rings. The minimum absolute atomic E-state index is 0.357. The normalized spacial score (nSPS) is 14.6. The van der Waals surface area contributed by atoms with Gasteiger partial charge in [-0.2, -0.15) is 44.5 Å². The van der Waals surface area contributed by atoms with Gasteiger partial charge < -0.3 is 0 Å². The van der Waals surface area contributed by atoms with Crippen molar-refractivity contribution in [2.24, 2.45) is 4.99 Å². The van der Waals surface area contributed by atoms with E-state index in [1.807, 2.05) is 0 Å². The number of aliphatic imine (C=N–C) groups is 1. The van der Waals surface area contributed by atoms with Crippen LogP contribution < -0.4 is 0 Å². The lowest BCUT2D eigenvalue weighted by atomic mass is 9.98. The third kappa shape index (κ3) is 1.99. The molecule has 0 amide bonds. The van der Waals surface area contributed by atoms with Gasteiger partial charge in [0.25, 0.3) is 0 Å². The van der Waals surface area contributed by atoms with Gasteiger partial charge in [-0.25, -0.2) is 4.79 Å². The number of carbonyl (C=O) groups excluding carboxylic acids is 1. The molecule has 0 aliphatic carbocycles. The molecule has 0 aromatic rings. The Morgan fingerprint density at radius 3 is 1.00 bits per heavy atom. The second-order valence-electron chi connectivity index (χ2n) is 2.41. The quantitative estimate of drug-likeness (QED) is 0.405. The van der Waals surface area contributed by atoms with E-state index in [1.165, 1.54) is 0 Å². The van der Waals surface area contributed by atoms with Crippen LogP contribution in [0.2, 0.25) is 0 Å². The van der Waals surface area contributed by atoms with Crippen molar-refractivity contribution >= 4 is 6.08 Å². The Bertz CT molecular complexity index is 267.